The summed E-state index contributed by atoms with van der Waals surface area (Å²) in [5, 5.41) is 3.22. The number of hydrogen-bond donors (Lipinski definition) is 1. The Kier molecular flexibility index (Phi) is 6.73. The van der Waals surface area contributed by atoms with Crippen molar-refractivity contribution < 1.29 is 4.39 Å². The van der Waals surface area contributed by atoms with Crippen LogP contribution in [0.1, 0.15) is 18.9 Å². The van der Waals surface area contributed by atoms with E-state index in [2.05, 4.69) is 34.2 Å². The number of rotatable bonds is 8. The quantitative estimate of drug-likeness (QED) is 0.778. The van der Waals surface area contributed by atoms with Gasteiger partial charge < -0.3 is 15.1 Å². The number of halogens is 1. The van der Waals surface area contributed by atoms with E-state index in [1.807, 2.05) is 14.0 Å². The van der Waals surface area contributed by atoms with Crippen LogP contribution in [0.3, 0.4) is 0 Å². The molecular weight excluding hydrogens is 243 g/mol. The highest BCUT2D eigenvalue weighted by Gasteiger charge is 2.10. The maximum atomic E-state index is 13.3. The van der Waals surface area contributed by atoms with Gasteiger partial charge in [0.1, 0.15) is 11.6 Å². The minimum absolute atomic E-state index is 0.279. The Bertz CT molecular complexity index is 382. The Balaban J connectivity index is 2.68. The van der Waals surface area contributed by atoms with Crippen LogP contribution in [0.4, 0.5) is 10.2 Å². The maximum Gasteiger partial charge on any atom is 0.141 e. The molecule has 19 heavy (non-hydrogen) atoms. The lowest BCUT2D eigenvalue weighted by Crippen LogP contribution is -2.26. The molecule has 0 saturated carbocycles. The van der Waals surface area contributed by atoms with E-state index in [0.29, 0.717) is 6.54 Å². The molecule has 0 aliphatic rings. The van der Waals surface area contributed by atoms with Crippen LogP contribution in [0.2, 0.25) is 0 Å². The maximum absolute atomic E-state index is 13.3. The summed E-state index contributed by atoms with van der Waals surface area (Å²) in [6.07, 6.45) is 2.34. The van der Waals surface area contributed by atoms with Crippen LogP contribution in [0.5, 0.6) is 0 Å². The van der Waals surface area contributed by atoms with Gasteiger partial charge in [-0.3, -0.25) is 0 Å². The number of pyridine rings is 1. The average molecular weight is 268 g/mol. The summed E-state index contributed by atoms with van der Waals surface area (Å²) < 4.78 is 13.3. The second-order valence-corrected chi connectivity index (χ2v) is 4.99. The molecule has 0 radical (unpaired) electrons. The van der Waals surface area contributed by atoms with Crippen molar-refractivity contribution in [1.82, 2.24) is 15.2 Å². The van der Waals surface area contributed by atoms with Crippen molar-refractivity contribution in [3.8, 4) is 0 Å². The predicted molar refractivity (Wildman–Crippen MR) is 78.0 cm³/mol. The fourth-order valence-electron chi connectivity index (χ4n) is 1.94. The van der Waals surface area contributed by atoms with E-state index in [1.165, 1.54) is 6.20 Å². The van der Waals surface area contributed by atoms with E-state index in [0.717, 1.165) is 37.4 Å². The van der Waals surface area contributed by atoms with E-state index in [4.69, 9.17) is 0 Å². The van der Waals surface area contributed by atoms with Gasteiger partial charge in [-0.1, -0.05) is 6.92 Å². The van der Waals surface area contributed by atoms with Crippen LogP contribution in [0.25, 0.3) is 0 Å². The second kappa shape index (κ2) is 8.07. The number of nitrogens with zero attached hydrogens (tertiary/aromatic N) is 3. The molecule has 1 aromatic heterocycles. The molecule has 1 rings (SSSR count). The molecule has 0 saturated heterocycles. The fourth-order valence-corrected chi connectivity index (χ4v) is 1.94. The van der Waals surface area contributed by atoms with Gasteiger partial charge in [0.25, 0.3) is 0 Å². The van der Waals surface area contributed by atoms with Crippen LogP contribution in [0, 0.1) is 5.82 Å². The number of nitrogens with one attached hydrogen (secondary N) is 1. The first-order chi connectivity index (χ1) is 9.04. The third-order valence-electron chi connectivity index (χ3n) is 2.94. The lowest BCUT2D eigenvalue weighted by atomic mass is 10.2. The standard InChI is InChI=1S/C14H25FN4/c1-5-16-10-12-9-13(15)11-17-14(12)19(4)8-6-7-18(2)3/h9,11,16H,5-8,10H2,1-4H3. The van der Waals surface area contributed by atoms with Crippen LogP contribution in [-0.2, 0) is 6.54 Å². The summed E-state index contributed by atoms with van der Waals surface area (Å²) in [5.41, 5.74) is 0.911. The van der Waals surface area contributed by atoms with Crippen LogP contribution < -0.4 is 10.2 Å². The minimum atomic E-state index is -0.279. The van der Waals surface area contributed by atoms with Gasteiger partial charge in [-0.25, -0.2) is 9.37 Å². The SMILES string of the molecule is CCNCc1cc(F)cnc1N(C)CCCN(C)C. The molecule has 4 nitrogen and oxygen atoms in total. The Labute approximate surface area is 115 Å². The first kappa shape index (κ1) is 15.9. The lowest BCUT2D eigenvalue weighted by molar-refractivity contribution is 0.401. The molecule has 0 aliphatic heterocycles. The van der Waals surface area contributed by atoms with E-state index in [1.54, 1.807) is 6.07 Å². The predicted octanol–water partition coefficient (Wildman–Crippen LogP) is 1.72. The zero-order valence-electron chi connectivity index (χ0n) is 12.4. The Hall–Kier alpha value is -1.20. The van der Waals surface area contributed by atoms with Crippen molar-refractivity contribution in [3.05, 3.63) is 23.6 Å². The molecule has 0 fully saturated rings. The second-order valence-electron chi connectivity index (χ2n) is 4.99. The van der Waals surface area contributed by atoms with Gasteiger partial charge in [0.05, 0.1) is 6.20 Å². The molecule has 0 aliphatic carbocycles. The molecule has 0 bridgehead atoms. The third kappa shape index (κ3) is 5.53. The summed E-state index contributed by atoms with van der Waals surface area (Å²) in [5.74, 6) is 0.583. The molecule has 0 aromatic carbocycles. The molecule has 0 atom stereocenters. The van der Waals surface area contributed by atoms with Crippen molar-refractivity contribution in [2.24, 2.45) is 0 Å². The Morgan fingerprint density at radius 1 is 1.26 bits per heavy atom. The van der Waals surface area contributed by atoms with Crippen molar-refractivity contribution in [3.63, 3.8) is 0 Å². The average Bonchev–Trinajstić information content (AvgIpc) is 2.35. The van der Waals surface area contributed by atoms with Gasteiger partial charge >= 0.3 is 0 Å². The number of hydrogen-bond acceptors (Lipinski definition) is 4. The molecule has 5 heteroatoms. The molecule has 108 valence electrons. The Morgan fingerprint density at radius 3 is 2.63 bits per heavy atom. The summed E-state index contributed by atoms with van der Waals surface area (Å²) in [6.45, 7) is 5.49. The molecular formula is C14H25FN4. The van der Waals surface area contributed by atoms with Gasteiger partial charge in [0.2, 0.25) is 0 Å². The van der Waals surface area contributed by atoms with Crippen LogP contribution in [-0.4, -0.2) is 50.7 Å². The van der Waals surface area contributed by atoms with Crippen molar-refractivity contribution >= 4 is 5.82 Å². The van der Waals surface area contributed by atoms with Crippen molar-refractivity contribution in [2.45, 2.75) is 19.9 Å². The van der Waals surface area contributed by atoms with Gasteiger partial charge in [0, 0.05) is 25.7 Å². The first-order valence-corrected chi connectivity index (χ1v) is 6.75. The molecule has 0 spiro atoms. The number of anilines is 1. The topological polar surface area (TPSA) is 31.4 Å². The van der Waals surface area contributed by atoms with Gasteiger partial charge in [-0.15, -0.1) is 0 Å². The fraction of sp³-hybridized carbons (Fsp3) is 0.643. The van der Waals surface area contributed by atoms with Gasteiger partial charge in [-0.2, -0.15) is 0 Å². The molecule has 1 aromatic rings. The monoisotopic (exact) mass is 268 g/mol. The van der Waals surface area contributed by atoms with E-state index < -0.39 is 0 Å². The highest BCUT2D eigenvalue weighted by molar-refractivity contribution is 5.46. The zero-order valence-corrected chi connectivity index (χ0v) is 12.4. The Morgan fingerprint density at radius 2 is 2.00 bits per heavy atom. The van der Waals surface area contributed by atoms with E-state index >= 15 is 0 Å². The minimum Gasteiger partial charge on any atom is -0.359 e. The van der Waals surface area contributed by atoms with E-state index in [9.17, 15) is 4.39 Å². The molecule has 0 amide bonds. The summed E-state index contributed by atoms with van der Waals surface area (Å²) in [6, 6.07) is 1.56. The largest absolute Gasteiger partial charge is 0.359 e. The normalized spacial score (nSPS) is 11.1. The van der Waals surface area contributed by atoms with E-state index in [-0.39, 0.29) is 5.82 Å². The lowest BCUT2D eigenvalue weighted by Gasteiger charge is -2.22. The summed E-state index contributed by atoms with van der Waals surface area (Å²) >= 11 is 0. The highest BCUT2D eigenvalue weighted by Crippen LogP contribution is 2.17. The van der Waals surface area contributed by atoms with Crippen LogP contribution in [0.15, 0.2) is 12.3 Å². The summed E-state index contributed by atoms with van der Waals surface area (Å²) in [7, 11) is 6.13. The zero-order chi connectivity index (χ0) is 14.3. The molecule has 0 unspecified atom stereocenters. The van der Waals surface area contributed by atoms with Crippen LogP contribution >= 0.6 is 0 Å². The van der Waals surface area contributed by atoms with Gasteiger partial charge in [0.15, 0.2) is 0 Å². The third-order valence-corrected chi connectivity index (χ3v) is 2.94. The first-order valence-electron chi connectivity index (χ1n) is 6.75. The smallest absolute Gasteiger partial charge is 0.141 e. The number of aromatic nitrogens is 1. The van der Waals surface area contributed by atoms with Gasteiger partial charge in [-0.05, 0) is 39.7 Å². The van der Waals surface area contributed by atoms with Crippen molar-refractivity contribution in [1.29, 1.82) is 0 Å². The molecule has 1 heterocycles. The summed E-state index contributed by atoms with van der Waals surface area (Å²) in [4.78, 5) is 8.48. The highest BCUT2D eigenvalue weighted by atomic mass is 19.1. The molecule has 1 N–H and O–H groups in total. The van der Waals surface area contributed by atoms with Crippen molar-refractivity contribution in [2.75, 3.05) is 45.7 Å².